The highest BCUT2D eigenvalue weighted by atomic mass is 16.2. The maximum absolute atomic E-state index is 12.7. The van der Waals surface area contributed by atoms with Crippen molar-refractivity contribution in [1.29, 1.82) is 0 Å². The van der Waals surface area contributed by atoms with Gasteiger partial charge in [-0.25, -0.2) is 0 Å². The van der Waals surface area contributed by atoms with Gasteiger partial charge in [-0.3, -0.25) is 9.59 Å². The lowest BCUT2D eigenvalue weighted by Crippen LogP contribution is -2.40. The fourth-order valence-electron chi connectivity index (χ4n) is 3.13. The first-order valence-corrected chi connectivity index (χ1v) is 6.96. The smallest absolute Gasteiger partial charge is 0.174 e. The summed E-state index contributed by atoms with van der Waals surface area (Å²) in [7, 11) is 0. The molecule has 2 nitrogen and oxygen atoms in total. The predicted octanol–water partition coefficient (Wildman–Crippen LogP) is 3.81. The van der Waals surface area contributed by atoms with Crippen LogP contribution < -0.4 is 0 Å². The number of hydrogen-bond donors (Lipinski definition) is 0. The van der Waals surface area contributed by atoms with Crippen LogP contribution in [0.5, 0.6) is 0 Å². The molecule has 0 amide bonds. The van der Waals surface area contributed by atoms with Crippen LogP contribution in [-0.4, -0.2) is 11.6 Å². The Hall–Kier alpha value is -1.96. The molecule has 0 N–H and O–H groups in total. The summed E-state index contributed by atoms with van der Waals surface area (Å²) >= 11 is 0. The lowest BCUT2D eigenvalue weighted by molar-refractivity contribution is -0.123. The molecular weight excluding hydrogens is 248 g/mol. The summed E-state index contributed by atoms with van der Waals surface area (Å²) in [6.45, 7) is 5.87. The van der Waals surface area contributed by atoms with E-state index in [2.05, 4.69) is 0 Å². The number of carbonyl (C=O) groups is 2. The third-order valence-corrected chi connectivity index (χ3v) is 4.05. The second-order valence-electron chi connectivity index (χ2n) is 6.66. The Morgan fingerprint density at radius 3 is 2.20 bits per heavy atom. The number of Topliss-reactive ketones (excluding diaryl/α,β-unsaturated/α-hetero) is 2. The molecule has 1 unspecified atom stereocenters. The van der Waals surface area contributed by atoms with Gasteiger partial charge in [0.05, 0.1) is 5.92 Å². The van der Waals surface area contributed by atoms with E-state index in [0.29, 0.717) is 6.42 Å². The zero-order valence-corrected chi connectivity index (χ0v) is 12.1. The van der Waals surface area contributed by atoms with Crippen molar-refractivity contribution in [1.82, 2.24) is 0 Å². The Morgan fingerprint density at radius 2 is 1.60 bits per heavy atom. The van der Waals surface area contributed by atoms with Gasteiger partial charge in [0.25, 0.3) is 0 Å². The summed E-state index contributed by atoms with van der Waals surface area (Å²) < 4.78 is 0. The van der Waals surface area contributed by atoms with Crippen molar-refractivity contribution < 1.29 is 9.59 Å². The van der Waals surface area contributed by atoms with Crippen LogP contribution in [0.2, 0.25) is 0 Å². The van der Waals surface area contributed by atoms with Crippen LogP contribution in [0.15, 0.2) is 36.4 Å². The lowest BCUT2D eigenvalue weighted by Gasteiger charge is -2.32. The SMILES string of the molecule is CC(C)(C)C1C(=O)Cc2cc3ccccc3cc2C1=O. The molecule has 0 aromatic heterocycles. The Bertz CT molecular complexity index is 720. The normalized spacial score (nSPS) is 19.2. The van der Waals surface area contributed by atoms with E-state index in [9.17, 15) is 9.59 Å². The van der Waals surface area contributed by atoms with Gasteiger partial charge in [-0.1, -0.05) is 45.0 Å². The van der Waals surface area contributed by atoms with Crippen LogP contribution >= 0.6 is 0 Å². The lowest BCUT2D eigenvalue weighted by atomic mass is 9.69. The number of carbonyl (C=O) groups excluding carboxylic acids is 2. The van der Waals surface area contributed by atoms with Gasteiger partial charge in [0.15, 0.2) is 5.78 Å². The third-order valence-electron chi connectivity index (χ3n) is 4.05. The molecule has 2 aromatic rings. The molecule has 0 heterocycles. The molecule has 2 heteroatoms. The van der Waals surface area contributed by atoms with E-state index in [4.69, 9.17) is 0 Å². The van der Waals surface area contributed by atoms with E-state index in [1.807, 2.05) is 57.2 Å². The van der Waals surface area contributed by atoms with E-state index in [0.717, 1.165) is 21.9 Å². The number of benzene rings is 2. The highest BCUT2D eigenvalue weighted by Crippen LogP contribution is 2.36. The number of hydrogen-bond acceptors (Lipinski definition) is 2. The highest BCUT2D eigenvalue weighted by Gasteiger charge is 2.41. The molecule has 102 valence electrons. The first kappa shape index (κ1) is 13.0. The van der Waals surface area contributed by atoms with Crippen molar-refractivity contribution in [2.75, 3.05) is 0 Å². The Morgan fingerprint density at radius 1 is 1.00 bits per heavy atom. The molecule has 0 spiro atoms. The largest absolute Gasteiger partial charge is 0.298 e. The maximum atomic E-state index is 12.7. The highest BCUT2D eigenvalue weighted by molar-refractivity contribution is 6.17. The van der Waals surface area contributed by atoms with E-state index in [1.165, 1.54) is 0 Å². The minimum atomic E-state index is -0.517. The topological polar surface area (TPSA) is 34.1 Å². The molecule has 1 aliphatic carbocycles. The number of rotatable bonds is 0. The summed E-state index contributed by atoms with van der Waals surface area (Å²) in [6.07, 6.45) is 0.369. The van der Waals surface area contributed by atoms with Crippen LogP contribution in [0, 0.1) is 11.3 Å². The molecule has 0 saturated carbocycles. The minimum Gasteiger partial charge on any atom is -0.298 e. The molecule has 0 aliphatic heterocycles. The van der Waals surface area contributed by atoms with Crippen molar-refractivity contribution in [2.45, 2.75) is 27.2 Å². The standard InChI is InChI=1S/C18H18O2/c1-18(2,3)16-15(19)10-13-8-11-6-4-5-7-12(11)9-14(13)17(16)20/h4-9,16H,10H2,1-3H3. The first-order chi connectivity index (χ1) is 9.38. The van der Waals surface area contributed by atoms with Crippen molar-refractivity contribution in [3.05, 3.63) is 47.5 Å². The van der Waals surface area contributed by atoms with Crippen LogP contribution in [0.1, 0.15) is 36.7 Å². The molecule has 0 saturated heterocycles. The van der Waals surface area contributed by atoms with Crippen LogP contribution in [0.3, 0.4) is 0 Å². The van der Waals surface area contributed by atoms with Crippen molar-refractivity contribution >= 4 is 22.3 Å². The summed E-state index contributed by atoms with van der Waals surface area (Å²) in [6, 6.07) is 11.9. The quantitative estimate of drug-likeness (QED) is 0.679. The van der Waals surface area contributed by atoms with Crippen LogP contribution in [0.25, 0.3) is 10.8 Å². The van der Waals surface area contributed by atoms with E-state index >= 15 is 0 Å². The fraction of sp³-hybridized carbons (Fsp3) is 0.333. The molecule has 0 bridgehead atoms. The van der Waals surface area contributed by atoms with Gasteiger partial charge in [-0.15, -0.1) is 0 Å². The molecular formula is C18H18O2. The number of fused-ring (bicyclic) bond motifs is 2. The molecule has 1 atom stereocenters. The van der Waals surface area contributed by atoms with E-state index in [-0.39, 0.29) is 17.0 Å². The first-order valence-electron chi connectivity index (χ1n) is 6.96. The minimum absolute atomic E-state index is 0.0190. The Labute approximate surface area is 118 Å². The third kappa shape index (κ3) is 1.96. The zero-order valence-electron chi connectivity index (χ0n) is 12.1. The molecule has 20 heavy (non-hydrogen) atoms. The average Bonchev–Trinajstić information content (AvgIpc) is 2.35. The fourth-order valence-corrected chi connectivity index (χ4v) is 3.13. The van der Waals surface area contributed by atoms with Gasteiger partial charge in [0.1, 0.15) is 5.78 Å². The maximum Gasteiger partial charge on any atom is 0.174 e. The van der Waals surface area contributed by atoms with Crippen molar-refractivity contribution in [2.24, 2.45) is 11.3 Å². The molecule has 0 fully saturated rings. The summed E-state index contributed by atoms with van der Waals surface area (Å²) in [4.78, 5) is 25.0. The van der Waals surface area contributed by atoms with Crippen molar-refractivity contribution in [3.63, 3.8) is 0 Å². The van der Waals surface area contributed by atoms with Gasteiger partial charge in [0.2, 0.25) is 0 Å². The monoisotopic (exact) mass is 266 g/mol. The zero-order chi connectivity index (χ0) is 14.5. The van der Waals surface area contributed by atoms with Crippen LogP contribution in [0.4, 0.5) is 0 Å². The van der Waals surface area contributed by atoms with Gasteiger partial charge in [-0.05, 0) is 33.9 Å². The molecule has 0 radical (unpaired) electrons. The van der Waals surface area contributed by atoms with Gasteiger partial charge < -0.3 is 0 Å². The Kier molecular flexibility index (Phi) is 2.79. The summed E-state index contributed by atoms with van der Waals surface area (Å²) in [5, 5.41) is 2.14. The van der Waals surface area contributed by atoms with E-state index in [1.54, 1.807) is 0 Å². The second kappa shape index (κ2) is 4.27. The van der Waals surface area contributed by atoms with Gasteiger partial charge >= 0.3 is 0 Å². The molecule has 1 aliphatic rings. The number of ketones is 2. The van der Waals surface area contributed by atoms with E-state index < -0.39 is 5.92 Å². The summed E-state index contributed by atoms with van der Waals surface area (Å²) in [5.41, 5.74) is 1.28. The summed E-state index contributed by atoms with van der Waals surface area (Å²) in [5.74, 6) is -0.490. The Balaban J connectivity index is 2.20. The predicted molar refractivity (Wildman–Crippen MR) is 79.9 cm³/mol. The molecule has 2 aromatic carbocycles. The van der Waals surface area contributed by atoms with Crippen molar-refractivity contribution in [3.8, 4) is 0 Å². The second-order valence-corrected chi connectivity index (χ2v) is 6.66. The average molecular weight is 266 g/mol. The molecule has 3 rings (SSSR count). The van der Waals surface area contributed by atoms with Gasteiger partial charge in [0, 0.05) is 12.0 Å². The van der Waals surface area contributed by atoms with Gasteiger partial charge in [-0.2, -0.15) is 0 Å². The van der Waals surface area contributed by atoms with Crippen LogP contribution in [-0.2, 0) is 11.2 Å².